The first-order chi connectivity index (χ1) is 8.65. The van der Waals surface area contributed by atoms with Gasteiger partial charge in [0.15, 0.2) is 5.69 Å². The van der Waals surface area contributed by atoms with Gasteiger partial charge in [0.2, 0.25) is 5.88 Å². The summed E-state index contributed by atoms with van der Waals surface area (Å²) in [5.74, 6) is 1.11. The fraction of sp³-hybridized carbons (Fsp3) is 0.667. The van der Waals surface area contributed by atoms with Crippen molar-refractivity contribution >= 4 is 5.91 Å². The normalized spacial score (nSPS) is 19.3. The van der Waals surface area contributed by atoms with Gasteiger partial charge in [-0.2, -0.15) is 5.10 Å². The molecule has 1 aliphatic rings. The van der Waals surface area contributed by atoms with Crippen LogP contribution in [0.4, 0.5) is 0 Å². The Hall–Kier alpha value is -1.56. The quantitative estimate of drug-likeness (QED) is 0.833. The first-order valence-electron chi connectivity index (χ1n) is 6.23. The fourth-order valence-electron chi connectivity index (χ4n) is 2.40. The van der Waals surface area contributed by atoms with Crippen molar-refractivity contribution in [1.29, 1.82) is 0 Å². The Kier molecular flexibility index (Phi) is 3.86. The number of hydrogen-bond donors (Lipinski definition) is 1. The molecule has 2 rings (SSSR count). The van der Waals surface area contributed by atoms with Gasteiger partial charge in [-0.15, -0.1) is 0 Å². The maximum Gasteiger partial charge on any atom is 0.274 e. The first kappa shape index (κ1) is 12.9. The average Bonchev–Trinajstić information content (AvgIpc) is 2.95. The maximum atomic E-state index is 12.2. The van der Waals surface area contributed by atoms with Crippen LogP contribution in [-0.4, -0.2) is 47.3 Å². The molecule has 1 amide bonds. The molecule has 0 bridgehead atoms. The molecule has 0 radical (unpaired) electrons. The van der Waals surface area contributed by atoms with E-state index in [0.717, 1.165) is 25.9 Å². The third-order valence-corrected chi connectivity index (χ3v) is 3.41. The molecule has 1 atom stereocenters. The van der Waals surface area contributed by atoms with E-state index in [0.29, 0.717) is 24.0 Å². The zero-order valence-corrected chi connectivity index (χ0v) is 10.9. The summed E-state index contributed by atoms with van der Waals surface area (Å²) in [6, 6.07) is 1.68. The molecular formula is C12H20N4O2. The van der Waals surface area contributed by atoms with Crippen molar-refractivity contribution in [2.75, 3.05) is 26.7 Å². The summed E-state index contributed by atoms with van der Waals surface area (Å²) in [5.41, 5.74) is 5.99. The third-order valence-electron chi connectivity index (χ3n) is 3.41. The molecule has 18 heavy (non-hydrogen) atoms. The van der Waals surface area contributed by atoms with Gasteiger partial charge in [0, 0.05) is 26.2 Å². The molecule has 1 aliphatic heterocycles. The highest BCUT2D eigenvalue weighted by Gasteiger charge is 2.28. The predicted molar refractivity (Wildman–Crippen MR) is 67.4 cm³/mol. The van der Waals surface area contributed by atoms with Crippen molar-refractivity contribution in [3.63, 3.8) is 0 Å². The standard InChI is InChI=1S/C12H20N4O2/c1-15-11(18-2)7-10(14-15)12(17)16-6-4-9(8-16)3-5-13/h7,9H,3-6,8,13H2,1-2H3. The van der Waals surface area contributed by atoms with Gasteiger partial charge in [-0.1, -0.05) is 0 Å². The zero-order chi connectivity index (χ0) is 13.1. The van der Waals surface area contributed by atoms with E-state index in [1.165, 1.54) is 0 Å². The summed E-state index contributed by atoms with van der Waals surface area (Å²) >= 11 is 0. The average molecular weight is 252 g/mol. The second kappa shape index (κ2) is 5.39. The van der Waals surface area contributed by atoms with Crippen LogP contribution in [0, 0.1) is 5.92 Å². The number of nitrogens with two attached hydrogens (primary N) is 1. The number of amides is 1. The molecule has 1 saturated heterocycles. The van der Waals surface area contributed by atoms with Gasteiger partial charge < -0.3 is 15.4 Å². The van der Waals surface area contributed by atoms with Crippen LogP contribution < -0.4 is 10.5 Å². The number of aromatic nitrogens is 2. The molecular weight excluding hydrogens is 232 g/mol. The predicted octanol–water partition coefficient (Wildman–Crippen LogP) is 0.240. The lowest BCUT2D eigenvalue weighted by molar-refractivity contribution is 0.0780. The van der Waals surface area contributed by atoms with Crippen LogP contribution in [0.3, 0.4) is 0 Å². The highest BCUT2D eigenvalue weighted by Crippen LogP contribution is 2.21. The molecule has 2 heterocycles. The minimum Gasteiger partial charge on any atom is -0.481 e. The van der Waals surface area contributed by atoms with E-state index in [2.05, 4.69) is 5.10 Å². The Labute approximate surface area is 107 Å². The SMILES string of the molecule is COc1cc(C(=O)N2CCC(CCN)C2)nn1C. The van der Waals surface area contributed by atoms with Crippen LogP contribution in [0.2, 0.25) is 0 Å². The number of aryl methyl sites for hydroxylation is 1. The molecule has 0 spiro atoms. The highest BCUT2D eigenvalue weighted by molar-refractivity contribution is 5.92. The summed E-state index contributed by atoms with van der Waals surface area (Å²) in [6.07, 6.45) is 2.02. The lowest BCUT2D eigenvalue weighted by Crippen LogP contribution is -2.29. The van der Waals surface area contributed by atoms with E-state index < -0.39 is 0 Å². The number of ether oxygens (including phenoxy) is 1. The van der Waals surface area contributed by atoms with E-state index in [4.69, 9.17) is 10.5 Å². The summed E-state index contributed by atoms with van der Waals surface area (Å²) in [5, 5.41) is 4.17. The van der Waals surface area contributed by atoms with E-state index >= 15 is 0 Å². The molecule has 0 saturated carbocycles. The lowest BCUT2D eigenvalue weighted by atomic mass is 10.1. The van der Waals surface area contributed by atoms with Gasteiger partial charge in [-0.3, -0.25) is 4.79 Å². The first-order valence-corrected chi connectivity index (χ1v) is 6.23. The number of hydrogen-bond acceptors (Lipinski definition) is 4. The van der Waals surface area contributed by atoms with Gasteiger partial charge in [-0.05, 0) is 25.3 Å². The summed E-state index contributed by atoms with van der Waals surface area (Å²) in [6.45, 7) is 2.27. The molecule has 6 heteroatoms. The van der Waals surface area contributed by atoms with Crippen molar-refractivity contribution in [3.8, 4) is 5.88 Å². The summed E-state index contributed by atoms with van der Waals surface area (Å²) in [4.78, 5) is 14.1. The molecule has 1 aromatic rings. The molecule has 2 N–H and O–H groups in total. The van der Waals surface area contributed by atoms with Crippen LogP contribution in [0.1, 0.15) is 23.3 Å². The number of nitrogens with zero attached hydrogens (tertiary/aromatic N) is 3. The van der Waals surface area contributed by atoms with Crippen molar-refractivity contribution < 1.29 is 9.53 Å². The number of likely N-dealkylation sites (tertiary alicyclic amines) is 1. The van der Waals surface area contributed by atoms with Crippen molar-refractivity contribution in [1.82, 2.24) is 14.7 Å². The number of methoxy groups -OCH3 is 1. The van der Waals surface area contributed by atoms with Crippen LogP contribution in [0.5, 0.6) is 5.88 Å². The maximum absolute atomic E-state index is 12.2. The van der Waals surface area contributed by atoms with Crippen molar-refractivity contribution in [2.24, 2.45) is 18.7 Å². The monoisotopic (exact) mass is 252 g/mol. The van der Waals surface area contributed by atoms with Crippen molar-refractivity contribution in [3.05, 3.63) is 11.8 Å². The molecule has 1 aromatic heterocycles. The summed E-state index contributed by atoms with van der Waals surface area (Å²) in [7, 11) is 3.33. The molecule has 1 fully saturated rings. The lowest BCUT2D eigenvalue weighted by Gasteiger charge is -2.14. The second-order valence-corrected chi connectivity index (χ2v) is 4.68. The van der Waals surface area contributed by atoms with E-state index in [1.54, 1.807) is 24.9 Å². The van der Waals surface area contributed by atoms with Crippen molar-refractivity contribution in [2.45, 2.75) is 12.8 Å². The third kappa shape index (κ3) is 2.48. The highest BCUT2D eigenvalue weighted by atomic mass is 16.5. The molecule has 6 nitrogen and oxygen atoms in total. The fourth-order valence-corrected chi connectivity index (χ4v) is 2.40. The smallest absolute Gasteiger partial charge is 0.274 e. The van der Waals surface area contributed by atoms with Crippen LogP contribution in [0.15, 0.2) is 6.07 Å². The molecule has 0 aromatic carbocycles. The topological polar surface area (TPSA) is 73.4 Å². The Morgan fingerprint density at radius 2 is 2.44 bits per heavy atom. The van der Waals surface area contributed by atoms with E-state index in [1.807, 2.05) is 4.90 Å². The Morgan fingerprint density at radius 3 is 3.06 bits per heavy atom. The minimum atomic E-state index is -0.0200. The van der Waals surface area contributed by atoms with Gasteiger partial charge in [-0.25, -0.2) is 4.68 Å². The zero-order valence-electron chi connectivity index (χ0n) is 10.9. The molecule has 1 unspecified atom stereocenters. The largest absolute Gasteiger partial charge is 0.481 e. The number of carbonyl (C=O) groups excluding carboxylic acids is 1. The van der Waals surface area contributed by atoms with Crippen LogP contribution >= 0.6 is 0 Å². The van der Waals surface area contributed by atoms with Gasteiger partial charge in [0.05, 0.1) is 7.11 Å². The Morgan fingerprint density at radius 1 is 1.67 bits per heavy atom. The van der Waals surface area contributed by atoms with E-state index in [9.17, 15) is 4.79 Å². The number of rotatable bonds is 4. The minimum absolute atomic E-state index is 0.0200. The summed E-state index contributed by atoms with van der Waals surface area (Å²) < 4.78 is 6.68. The van der Waals surface area contributed by atoms with Crippen LogP contribution in [-0.2, 0) is 7.05 Å². The Balaban J connectivity index is 2.03. The molecule has 100 valence electrons. The molecule has 0 aliphatic carbocycles. The van der Waals surface area contributed by atoms with Gasteiger partial charge >= 0.3 is 0 Å². The van der Waals surface area contributed by atoms with Crippen LogP contribution in [0.25, 0.3) is 0 Å². The second-order valence-electron chi connectivity index (χ2n) is 4.68. The van der Waals surface area contributed by atoms with Gasteiger partial charge in [0.25, 0.3) is 5.91 Å². The van der Waals surface area contributed by atoms with E-state index in [-0.39, 0.29) is 5.91 Å². The number of carbonyl (C=O) groups is 1. The Bertz CT molecular complexity index is 430. The van der Waals surface area contributed by atoms with Gasteiger partial charge in [0.1, 0.15) is 0 Å².